The predicted molar refractivity (Wildman–Crippen MR) is 76.5 cm³/mol. The molecule has 0 aromatic heterocycles. The highest BCUT2D eigenvalue weighted by Crippen LogP contribution is 2.20. The molecule has 0 spiro atoms. The Morgan fingerprint density at radius 3 is 3.00 bits per heavy atom. The summed E-state index contributed by atoms with van der Waals surface area (Å²) in [6.07, 6.45) is 2.76. The Balaban J connectivity index is 1.62. The molecule has 0 aliphatic carbocycles. The summed E-state index contributed by atoms with van der Waals surface area (Å²) in [5.41, 5.74) is 0.857. The summed E-state index contributed by atoms with van der Waals surface area (Å²) in [7, 11) is 0. The number of para-hydroxylation sites is 1. The van der Waals surface area contributed by atoms with Crippen LogP contribution in [-0.4, -0.2) is 31.7 Å². The van der Waals surface area contributed by atoms with Crippen LogP contribution in [0.2, 0.25) is 5.02 Å². The maximum atomic E-state index is 11.6. The van der Waals surface area contributed by atoms with Gasteiger partial charge in [0, 0.05) is 26.1 Å². The largest absolute Gasteiger partial charge is 0.383 e. The third-order valence-corrected chi connectivity index (χ3v) is 3.42. The fraction of sp³-hybridized carbons (Fsp3) is 0.500. The molecule has 1 fully saturated rings. The van der Waals surface area contributed by atoms with Crippen molar-refractivity contribution in [1.82, 2.24) is 5.32 Å². The second-order valence-electron chi connectivity index (χ2n) is 4.60. The van der Waals surface area contributed by atoms with Gasteiger partial charge in [0.2, 0.25) is 5.91 Å². The monoisotopic (exact) mass is 282 g/mol. The van der Waals surface area contributed by atoms with Gasteiger partial charge in [0.25, 0.3) is 0 Å². The van der Waals surface area contributed by atoms with Crippen molar-refractivity contribution in [1.29, 1.82) is 0 Å². The van der Waals surface area contributed by atoms with E-state index in [1.165, 1.54) is 0 Å². The number of hydrogen-bond acceptors (Lipinski definition) is 3. The molecule has 1 aromatic rings. The molecule has 1 amide bonds. The Hall–Kier alpha value is -1.26. The first-order valence-electron chi connectivity index (χ1n) is 6.62. The molecule has 0 bridgehead atoms. The van der Waals surface area contributed by atoms with Crippen LogP contribution in [0.1, 0.15) is 19.3 Å². The predicted octanol–water partition coefficient (Wildman–Crippen LogP) is 2.44. The van der Waals surface area contributed by atoms with Gasteiger partial charge in [0.1, 0.15) is 0 Å². The molecule has 1 aliphatic rings. The Bertz CT molecular complexity index is 420. The topological polar surface area (TPSA) is 50.4 Å². The van der Waals surface area contributed by atoms with Crippen molar-refractivity contribution in [2.75, 3.05) is 25.0 Å². The van der Waals surface area contributed by atoms with E-state index in [4.69, 9.17) is 16.3 Å². The molecule has 0 radical (unpaired) electrons. The van der Waals surface area contributed by atoms with Crippen molar-refractivity contribution in [3.63, 3.8) is 0 Å². The third-order valence-electron chi connectivity index (χ3n) is 3.09. The Labute approximate surface area is 118 Å². The number of rotatable bonds is 6. The molecule has 1 aliphatic heterocycles. The summed E-state index contributed by atoms with van der Waals surface area (Å²) in [6.45, 7) is 2.00. The number of anilines is 1. The van der Waals surface area contributed by atoms with Crippen LogP contribution in [-0.2, 0) is 9.53 Å². The molecule has 2 N–H and O–H groups in total. The van der Waals surface area contributed by atoms with Crippen LogP contribution in [0.25, 0.3) is 0 Å². The minimum absolute atomic E-state index is 0.0371. The van der Waals surface area contributed by atoms with Gasteiger partial charge in [-0.25, -0.2) is 0 Å². The van der Waals surface area contributed by atoms with Gasteiger partial charge in [-0.15, -0.1) is 0 Å². The maximum Gasteiger partial charge on any atom is 0.221 e. The second kappa shape index (κ2) is 7.36. The first-order chi connectivity index (χ1) is 9.25. The fourth-order valence-corrected chi connectivity index (χ4v) is 2.24. The molecule has 0 saturated carbocycles. The van der Waals surface area contributed by atoms with Crippen LogP contribution in [0.3, 0.4) is 0 Å². The van der Waals surface area contributed by atoms with Crippen LogP contribution < -0.4 is 10.6 Å². The van der Waals surface area contributed by atoms with Crippen LogP contribution >= 0.6 is 11.6 Å². The number of amides is 1. The van der Waals surface area contributed by atoms with E-state index in [0.29, 0.717) is 24.5 Å². The molecular formula is C14H19ClN2O2. The van der Waals surface area contributed by atoms with Gasteiger partial charge in [0.05, 0.1) is 16.8 Å². The Morgan fingerprint density at radius 1 is 1.42 bits per heavy atom. The zero-order valence-corrected chi connectivity index (χ0v) is 11.6. The lowest BCUT2D eigenvalue weighted by Crippen LogP contribution is -2.32. The average Bonchev–Trinajstić information content (AvgIpc) is 2.92. The Kier molecular flexibility index (Phi) is 5.48. The number of benzene rings is 1. The lowest BCUT2D eigenvalue weighted by atomic mass is 10.2. The first-order valence-corrected chi connectivity index (χ1v) is 7.00. The van der Waals surface area contributed by atoms with Crippen molar-refractivity contribution in [3.8, 4) is 0 Å². The number of ether oxygens (including phenoxy) is 1. The molecule has 1 saturated heterocycles. The summed E-state index contributed by atoms with van der Waals surface area (Å²) in [4.78, 5) is 11.6. The molecule has 1 heterocycles. The lowest BCUT2D eigenvalue weighted by Gasteiger charge is -2.11. The van der Waals surface area contributed by atoms with Gasteiger partial charge < -0.3 is 15.4 Å². The molecule has 5 heteroatoms. The van der Waals surface area contributed by atoms with Crippen molar-refractivity contribution in [2.45, 2.75) is 25.4 Å². The van der Waals surface area contributed by atoms with E-state index < -0.39 is 0 Å². The van der Waals surface area contributed by atoms with Crippen LogP contribution in [0, 0.1) is 0 Å². The lowest BCUT2D eigenvalue weighted by molar-refractivity contribution is -0.121. The van der Waals surface area contributed by atoms with E-state index in [1.807, 2.05) is 24.3 Å². The summed E-state index contributed by atoms with van der Waals surface area (Å²) >= 11 is 6.01. The number of hydrogen-bond donors (Lipinski definition) is 2. The van der Waals surface area contributed by atoms with Gasteiger partial charge in [-0.1, -0.05) is 23.7 Å². The van der Waals surface area contributed by atoms with Crippen LogP contribution in [0.5, 0.6) is 0 Å². The number of halogens is 1. The summed E-state index contributed by atoms with van der Waals surface area (Å²) < 4.78 is 5.45. The highest BCUT2D eigenvalue weighted by atomic mass is 35.5. The van der Waals surface area contributed by atoms with Crippen LogP contribution in [0.4, 0.5) is 5.69 Å². The normalized spacial score (nSPS) is 18.3. The average molecular weight is 283 g/mol. The van der Waals surface area contributed by atoms with E-state index in [9.17, 15) is 4.79 Å². The van der Waals surface area contributed by atoms with E-state index in [-0.39, 0.29) is 12.0 Å². The van der Waals surface area contributed by atoms with Gasteiger partial charge in [-0.3, -0.25) is 4.79 Å². The second-order valence-corrected chi connectivity index (χ2v) is 5.00. The fourth-order valence-electron chi connectivity index (χ4n) is 2.04. The zero-order chi connectivity index (χ0) is 13.5. The SMILES string of the molecule is O=C(CCNc1ccccc1Cl)NCC1CCCO1. The van der Waals surface area contributed by atoms with Crippen molar-refractivity contribution in [3.05, 3.63) is 29.3 Å². The molecular weight excluding hydrogens is 264 g/mol. The number of carbonyl (C=O) groups excluding carboxylic acids is 1. The van der Waals surface area contributed by atoms with E-state index >= 15 is 0 Å². The molecule has 1 unspecified atom stereocenters. The summed E-state index contributed by atoms with van der Waals surface area (Å²) in [6, 6.07) is 7.50. The first kappa shape index (κ1) is 14.2. The van der Waals surface area contributed by atoms with E-state index in [2.05, 4.69) is 10.6 Å². The highest BCUT2D eigenvalue weighted by Gasteiger charge is 2.15. The molecule has 4 nitrogen and oxygen atoms in total. The van der Waals surface area contributed by atoms with Crippen molar-refractivity contribution < 1.29 is 9.53 Å². The number of carbonyl (C=O) groups is 1. The molecule has 104 valence electrons. The van der Waals surface area contributed by atoms with Crippen molar-refractivity contribution in [2.24, 2.45) is 0 Å². The zero-order valence-electron chi connectivity index (χ0n) is 10.8. The summed E-state index contributed by atoms with van der Waals surface area (Å²) in [5.74, 6) is 0.0371. The van der Waals surface area contributed by atoms with Crippen LogP contribution in [0.15, 0.2) is 24.3 Å². The minimum atomic E-state index is 0.0371. The molecule has 19 heavy (non-hydrogen) atoms. The smallest absolute Gasteiger partial charge is 0.221 e. The van der Waals surface area contributed by atoms with Gasteiger partial charge in [-0.2, -0.15) is 0 Å². The van der Waals surface area contributed by atoms with Gasteiger partial charge >= 0.3 is 0 Å². The summed E-state index contributed by atoms with van der Waals surface area (Å²) in [5, 5.41) is 6.71. The Morgan fingerprint density at radius 2 is 2.26 bits per heavy atom. The van der Waals surface area contributed by atoms with E-state index in [0.717, 1.165) is 25.1 Å². The van der Waals surface area contributed by atoms with Gasteiger partial charge in [0.15, 0.2) is 0 Å². The molecule has 1 atom stereocenters. The number of nitrogens with one attached hydrogen (secondary N) is 2. The highest BCUT2D eigenvalue weighted by molar-refractivity contribution is 6.33. The standard InChI is InChI=1S/C14H19ClN2O2/c15-12-5-1-2-6-13(12)16-8-7-14(18)17-10-11-4-3-9-19-11/h1-2,5-6,11,16H,3-4,7-10H2,(H,17,18). The van der Waals surface area contributed by atoms with Crippen molar-refractivity contribution >= 4 is 23.2 Å². The molecule has 1 aromatic carbocycles. The quantitative estimate of drug-likeness (QED) is 0.843. The van der Waals surface area contributed by atoms with E-state index in [1.54, 1.807) is 0 Å². The van der Waals surface area contributed by atoms with Gasteiger partial charge in [-0.05, 0) is 25.0 Å². The molecule has 2 rings (SSSR count). The third kappa shape index (κ3) is 4.73. The minimum Gasteiger partial charge on any atom is -0.383 e. The maximum absolute atomic E-state index is 11.6.